The molecule has 1 N–H and O–H groups in total. The van der Waals surface area contributed by atoms with Crippen LogP contribution in [0.2, 0.25) is 0 Å². The number of aromatic nitrogens is 2. The first kappa shape index (κ1) is 12.5. The van der Waals surface area contributed by atoms with E-state index in [1.807, 2.05) is 28.8 Å². The van der Waals surface area contributed by atoms with Gasteiger partial charge in [0.05, 0.1) is 11.0 Å². The van der Waals surface area contributed by atoms with Gasteiger partial charge in [-0.1, -0.05) is 12.1 Å². The molecule has 1 aromatic heterocycles. The molecule has 0 aliphatic carbocycles. The van der Waals surface area contributed by atoms with E-state index in [4.69, 9.17) is 0 Å². The smallest absolute Gasteiger partial charge is 0.306 e. The molecule has 1 saturated heterocycles. The molecule has 3 rings (SSSR count). The largest absolute Gasteiger partial charge is 0.326 e. The summed E-state index contributed by atoms with van der Waals surface area (Å²) in [5.41, 5.74) is 1.98. The molecule has 0 bridgehead atoms. The zero-order chi connectivity index (χ0) is 13.4. The lowest BCUT2D eigenvalue weighted by Gasteiger charge is -2.20. The van der Waals surface area contributed by atoms with Gasteiger partial charge in [-0.2, -0.15) is 0 Å². The fourth-order valence-corrected chi connectivity index (χ4v) is 3.03. The highest BCUT2D eigenvalue weighted by molar-refractivity contribution is 5.74. The van der Waals surface area contributed by atoms with E-state index in [2.05, 4.69) is 23.7 Å². The van der Waals surface area contributed by atoms with Crippen LogP contribution in [0.15, 0.2) is 29.1 Å². The maximum absolute atomic E-state index is 12.0. The van der Waals surface area contributed by atoms with Crippen LogP contribution in [-0.4, -0.2) is 33.6 Å². The van der Waals surface area contributed by atoms with Crippen molar-refractivity contribution in [1.29, 1.82) is 0 Å². The van der Waals surface area contributed by atoms with Crippen molar-refractivity contribution >= 4 is 11.0 Å². The summed E-state index contributed by atoms with van der Waals surface area (Å²) >= 11 is 0. The third-order valence-corrected chi connectivity index (χ3v) is 4.17. The molecule has 1 unspecified atom stereocenters. The number of hydrogen-bond donors (Lipinski definition) is 1. The highest BCUT2D eigenvalue weighted by atomic mass is 16.1. The lowest BCUT2D eigenvalue weighted by Crippen LogP contribution is -2.29. The number of nitrogens with one attached hydrogen (secondary N) is 1. The van der Waals surface area contributed by atoms with Crippen LogP contribution >= 0.6 is 0 Å². The van der Waals surface area contributed by atoms with E-state index in [-0.39, 0.29) is 5.69 Å². The zero-order valence-corrected chi connectivity index (χ0v) is 11.6. The summed E-state index contributed by atoms with van der Waals surface area (Å²) in [6.45, 7) is 7.55. The van der Waals surface area contributed by atoms with Gasteiger partial charge in [-0.3, -0.25) is 4.57 Å². The van der Waals surface area contributed by atoms with Gasteiger partial charge in [-0.15, -0.1) is 0 Å². The number of para-hydroxylation sites is 2. The quantitative estimate of drug-likeness (QED) is 0.916. The van der Waals surface area contributed by atoms with Crippen molar-refractivity contribution in [2.24, 2.45) is 5.92 Å². The van der Waals surface area contributed by atoms with Crippen molar-refractivity contribution in [2.75, 3.05) is 13.1 Å². The van der Waals surface area contributed by atoms with Crippen LogP contribution in [0.1, 0.15) is 20.3 Å². The maximum atomic E-state index is 12.0. The minimum absolute atomic E-state index is 0.0178. The molecular formula is C15H21N3O. The van der Waals surface area contributed by atoms with E-state index >= 15 is 0 Å². The Labute approximate surface area is 113 Å². The second-order valence-corrected chi connectivity index (χ2v) is 5.80. The first-order chi connectivity index (χ1) is 9.15. The van der Waals surface area contributed by atoms with E-state index in [0.717, 1.165) is 30.7 Å². The number of hydrogen-bond acceptors (Lipinski definition) is 2. The lowest BCUT2D eigenvalue weighted by molar-refractivity contribution is 0.261. The van der Waals surface area contributed by atoms with Gasteiger partial charge in [-0.05, 0) is 44.9 Å². The number of benzene rings is 1. The second kappa shape index (κ2) is 4.85. The summed E-state index contributed by atoms with van der Waals surface area (Å²) < 4.78 is 1.89. The monoisotopic (exact) mass is 259 g/mol. The summed E-state index contributed by atoms with van der Waals surface area (Å²) in [6, 6.07) is 8.52. The van der Waals surface area contributed by atoms with Crippen LogP contribution in [0.4, 0.5) is 0 Å². The number of H-pyrrole nitrogens is 1. The Kier molecular flexibility index (Phi) is 3.19. The zero-order valence-electron chi connectivity index (χ0n) is 11.6. The number of fused-ring (bicyclic) bond motifs is 1. The standard InChI is InChI=1S/C15H21N3O/c1-11(2)17-8-7-12(9-17)10-18-14-6-4-3-5-13(14)16-15(18)19/h3-6,11-12H,7-10H2,1-2H3,(H,16,19). The van der Waals surface area contributed by atoms with E-state index in [9.17, 15) is 4.79 Å². The SMILES string of the molecule is CC(C)N1CCC(Cn2c(=O)[nH]c3ccccc32)C1. The highest BCUT2D eigenvalue weighted by Crippen LogP contribution is 2.21. The number of nitrogens with zero attached hydrogens (tertiary/aromatic N) is 2. The van der Waals surface area contributed by atoms with Crippen LogP contribution in [0, 0.1) is 5.92 Å². The van der Waals surface area contributed by atoms with Crippen LogP contribution in [0.3, 0.4) is 0 Å². The molecule has 0 spiro atoms. The van der Waals surface area contributed by atoms with Gasteiger partial charge in [0.15, 0.2) is 0 Å². The molecule has 1 aliphatic rings. The topological polar surface area (TPSA) is 41.0 Å². The number of likely N-dealkylation sites (tertiary alicyclic amines) is 1. The average molecular weight is 259 g/mol. The molecule has 19 heavy (non-hydrogen) atoms. The summed E-state index contributed by atoms with van der Waals surface area (Å²) in [5.74, 6) is 0.583. The van der Waals surface area contributed by atoms with E-state index in [1.54, 1.807) is 0 Å². The van der Waals surface area contributed by atoms with Crippen molar-refractivity contribution in [2.45, 2.75) is 32.9 Å². The molecule has 1 atom stereocenters. The minimum atomic E-state index is 0.0178. The Morgan fingerprint density at radius 2 is 2.16 bits per heavy atom. The lowest BCUT2D eigenvalue weighted by atomic mass is 10.1. The van der Waals surface area contributed by atoms with Crippen LogP contribution in [0.25, 0.3) is 11.0 Å². The molecule has 4 nitrogen and oxygen atoms in total. The molecule has 0 saturated carbocycles. The van der Waals surface area contributed by atoms with Crippen molar-refractivity contribution in [1.82, 2.24) is 14.5 Å². The van der Waals surface area contributed by atoms with Gasteiger partial charge >= 0.3 is 5.69 Å². The third-order valence-electron chi connectivity index (χ3n) is 4.17. The van der Waals surface area contributed by atoms with E-state index < -0.39 is 0 Å². The molecular weight excluding hydrogens is 238 g/mol. The van der Waals surface area contributed by atoms with Gasteiger partial charge in [-0.25, -0.2) is 4.79 Å². The van der Waals surface area contributed by atoms with Crippen molar-refractivity contribution < 1.29 is 0 Å². The first-order valence-corrected chi connectivity index (χ1v) is 7.07. The van der Waals surface area contributed by atoms with Crippen molar-refractivity contribution in [3.8, 4) is 0 Å². The van der Waals surface area contributed by atoms with Gasteiger partial charge in [0.25, 0.3) is 0 Å². The second-order valence-electron chi connectivity index (χ2n) is 5.80. The molecule has 1 aromatic carbocycles. The Balaban J connectivity index is 1.83. The van der Waals surface area contributed by atoms with E-state index in [0.29, 0.717) is 12.0 Å². The Bertz CT molecular complexity index is 626. The average Bonchev–Trinajstić information content (AvgIpc) is 2.96. The Morgan fingerprint density at radius 1 is 1.37 bits per heavy atom. The molecule has 2 aromatic rings. The molecule has 2 heterocycles. The predicted octanol–water partition coefficient (Wildman–Crippen LogP) is 2.06. The number of aromatic amines is 1. The highest BCUT2D eigenvalue weighted by Gasteiger charge is 2.25. The molecule has 102 valence electrons. The molecule has 1 fully saturated rings. The molecule has 0 radical (unpaired) electrons. The van der Waals surface area contributed by atoms with Crippen molar-refractivity contribution in [3.05, 3.63) is 34.7 Å². The minimum Gasteiger partial charge on any atom is -0.306 e. The van der Waals surface area contributed by atoms with E-state index in [1.165, 1.54) is 6.42 Å². The van der Waals surface area contributed by atoms with Gasteiger partial charge in [0.2, 0.25) is 0 Å². The fraction of sp³-hybridized carbons (Fsp3) is 0.533. The van der Waals surface area contributed by atoms with Crippen LogP contribution < -0.4 is 5.69 Å². The van der Waals surface area contributed by atoms with Gasteiger partial charge in [0.1, 0.15) is 0 Å². The number of imidazole rings is 1. The van der Waals surface area contributed by atoms with Crippen molar-refractivity contribution in [3.63, 3.8) is 0 Å². The fourth-order valence-electron chi connectivity index (χ4n) is 3.03. The third kappa shape index (κ3) is 2.32. The molecule has 0 amide bonds. The number of rotatable bonds is 3. The van der Waals surface area contributed by atoms with Crippen LogP contribution in [-0.2, 0) is 6.54 Å². The van der Waals surface area contributed by atoms with Gasteiger partial charge < -0.3 is 9.88 Å². The summed E-state index contributed by atoms with van der Waals surface area (Å²) in [7, 11) is 0. The van der Waals surface area contributed by atoms with Gasteiger partial charge in [0, 0.05) is 19.1 Å². The Hall–Kier alpha value is -1.55. The summed E-state index contributed by atoms with van der Waals surface area (Å²) in [5, 5.41) is 0. The predicted molar refractivity (Wildman–Crippen MR) is 77.4 cm³/mol. The van der Waals surface area contributed by atoms with Crippen LogP contribution in [0.5, 0.6) is 0 Å². The normalized spacial score (nSPS) is 20.7. The maximum Gasteiger partial charge on any atom is 0.326 e. The summed E-state index contributed by atoms with van der Waals surface area (Å²) in [4.78, 5) is 17.5. The molecule has 1 aliphatic heterocycles. The Morgan fingerprint density at radius 3 is 2.89 bits per heavy atom. The molecule has 4 heteroatoms. The summed E-state index contributed by atoms with van der Waals surface area (Å²) in [6.07, 6.45) is 1.18. The first-order valence-electron chi connectivity index (χ1n) is 7.07.